The van der Waals surface area contributed by atoms with E-state index in [4.69, 9.17) is 4.18 Å². The van der Waals surface area contributed by atoms with Gasteiger partial charge >= 0.3 is 5.97 Å². The summed E-state index contributed by atoms with van der Waals surface area (Å²) in [6.07, 6.45) is 1.68. The van der Waals surface area contributed by atoms with Crippen LogP contribution in [0.2, 0.25) is 0 Å². The zero-order valence-electron chi connectivity index (χ0n) is 13.8. The van der Waals surface area contributed by atoms with Gasteiger partial charge in [-0.1, -0.05) is 11.8 Å². The third kappa shape index (κ3) is 4.22. The second-order valence-corrected chi connectivity index (χ2v) is 8.31. The van der Waals surface area contributed by atoms with Crippen LogP contribution in [-0.2, 0) is 28.7 Å². The molecule has 0 radical (unpaired) electrons. The molecule has 2 N–H and O–H groups in total. The van der Waals surface area contributed by atoms with Gasteiger partial charge in [-0.15, -0.1) is 0 Å². The summed E-state index contributed by atoms with van der Waals surface area (Å²) >= 11 is 1.09. The first-order valence-electron chi connectivity index (χ1n) is 7.29. The Bertz CT molecular complexity index is 772. The average molecular weight is 390 g/mol. The Balaban J connectivity index is 2.14. The molecule has 3 atom stereocenters. The summed E-state index contributed by atoms with van der Waals surface area (Å²) in [4.78, 5) is 36.3. The van der Waals surface area contributed by atoms with Crippen molar-refractivity contribution in [2.45, 2.75) is 32.4 Å². The van der Waals surface area contributed by atoms with Gasteiger partial charge in [0.2, 0.25) is 11.8 Å². The van der Waals surface area contributed by atoms with Crippen molar-refractivity contribution in [3.63, 3.8) is 0 Å². The highest BCUT2D eigenvalue weighted by atomic mass is 32.2. The van der Waals surface area contributed by atoms with Crippen molar-refractivity contribution in [1.82, 2.24) is 10.2 Å². The molecule has 2 amide bonds. The molecule has 1 fully saturated rings. The van der Waals surface area contributed by atoms with Gasteiger partial charge in [0.05, 0.1) is 24.3 Å². The monoisotopic (exact) mass is 390 g/mol. The van der Waals surface area contributed by atoms with Crippen LogP contribution >= 0.6 is 11.8 Å². The minimum absolute atomic E-state index is 0.115. The van der Waals surface area contributed by atoms with Crippen molar-refractivity contribution in [3.8, 4) is 0 Å². The molecule has 0 aromatic carbocycles. The predicted octanol–water partition coefficient (Wildman–Crippen LogP) is 0.219. The van der Waals surface area contributed by atoms with E-state index in [0.29, 0.717) is 4.91 Å². The summed E-state index contributed by atoms with van der Waals surface area (Å²) in [6, 6.07) is -0.452. The van der Waals surface area contributed by atoms with Gasteiger partial charge in [-0.3, -0.25) is 13.8 Å². The molecule has 2 aliphatic heterocycles. The third-order valence-corrected chi connectivity index (χ3v) is 5.34. The first kappa shape index (κ1) is 19.5. The normalized spacial score (nSPS) is 24.3. The quantitative estimate of drug-likeness (QED) is 0.466. The molecular weight excluding hydrogens is 372 g/mol. The number of nitrogens with zero attached hydrogens (tertiary/aromatic N) is 1. The standard InChI is InChI=1S/C14H18N2O7S2/c1-7(23-25(3,21)22)11-9-6-10(24-5-4-15-8(2)17)12(14(19)20)16(9)13(11)18/h4-5,7,9,11H,6H2,1-3H3,(H,15,17)(H,19,20)/b5-4+/t7-,9+,11+/m0/s1. The molecule has 0 bridgehead atoms. The molecule has 9 nitrogen and oxygen atoms in total. The van der Waals surface area contributed by atoms with Crippen LogP contribution < -0.4 is 5.32 Å². The average Bonchev–Trinajstić information content (AvgIpc) is 2.76. The van der Waals surface area contributed by atoms with Crippen LogP contribution in [0.4, 0.5) is 0 Å². The summed E-state index contributed by atoms with van der Waals surface area (Å²) < 4.78 is 27.4. The maximum Gasteiger partial charge on any atom is 0.353 e. The summed E-state index contributed by atoms with van der Waals surface area (Å²) in [6.45, 7) is 2.81. The molecule has 11 heteroatoms. The number of aliphatic carboxylic acids is 1. The van der Waals surface area contributed by atoms with Crippen LogP contribution in [0.3, 0.4) is 0 Å². The van der Waals surface area contributed by atoms with E-state index >= 15 is 0 Å². The molecule has 138 valence electrons. The Labute approximate surface area is 149 Å². The van der Waals surface area contributed by atoms with E-state index in [0.717, 1.165) is 18.0 Å². The van der Waals surface area contributed by atoms with Crippen LogP contribution in [0, 0.1) is 5.92 Å². The molecule has 0 spiro atoms. The molecule has 1 saturated heterocycles. The number of thioether (sulfide) groups is 1. The minimum atomic E-state index is -3.72. The highest BCUT2D eigenvalue weighted by Gasteiger charge is 2.57. The lowest BCUT2D eigenvalue weighted by Crippen LogP contribution is -2.62. The van der Waals surface area contributed by atoms with Crippen LogP contribution in [0.5, 0.6) is 0 Å². The molecule has 0 aliphatic carbocycles. The number of hydrogen-bond acceptors (Lipinski definition) is 7. The topological polar surface area (TPSA) is 130 Å². The van der Waals surface area contributed by atoms with Gasteiger partial charge in [0.25, 0.3) is 10.1 Å². The van der Waals surface area contributed by atoms with Crippen molar-refractivity contribution >= 4 is 39.7 Å². The fraction of sp³-hybridized carbons (Fsp3) is 0.500. The Morgan fingerprint density at radius 1 is 1.48 bits per heavy atom. The lowest BCUT2D eigenvalue weighted by Gasteiger charge is -2.45. The molecule has 0 saturated carbocycles. The number of hydrogen-bond donors (Lipinski definition) is 2. The lowest BCUT2D eigenvalue weighted by molar-refractivity contribution is -0.159. The van der Waals surface area contributed by atoms with Crippen molar-refractivity contribution in [1.29, 1.82) is 0 Å². The van der Waals surface area contributed by atoms with Gasteiger partial charge in [0.1, 0.15) is 5.70 Å². The fourth-order valence-corrected chi connectivity index (χ4v) is 4.46. The largest absolute Gasteiger partial charge is 0.477 e. The highest BCUT2D eigenvalue weighted by Crippen LogP contribution is 2.47. The van der Waals surface area contributed by atoms with Crippen LogP contribution in [-0.4, -0.2) is 54.6 Å². The Kier molecular flexibility index (Phi) is 5.59. The van der Waals surface area contributed by atoms with Crippen LogP contribution in [0.15, 0.2) is 22.2 Å². The van der Waals surface area contributed by atoms with Gasteiger partial charge in [-0.05, 0) is 12.3 Å². The predicted molar refractivity (Wildman–Crippen MR) is 89.3 cm³/mol. The summed E-state index contributed by atoms with van der Waals surface area (Å²) in [5.41, 5.74) is -0.115. The van der Waals surface area contributed by atoms with Crippen molar-refractivity contribution in [2.75, 3.05) is 6.26 Å². The van der Waals surface area contributed by atoms with E-state index in [9.17, 15) is 27.9 Å². The summed E-state index contributed by atoms with van der Waals surface area (Å²) in [7, 11) is -3.72. The number of β-lactam (4-membered cyclic amide) rings is 1. The number of amides is 2. The fourth-order valence-electron chi connectivity index (χ4n) is 2.93. The van der Waals surface area contributed by atoms with Gasteiger partial charge < -0.3 is 15.3 Å². The first-order valence-corrected chi connectivity index (χ1v) is 9.99. The van der Waals surface area contributed by atoms with E-state index in [-0.39, 0.29) is 18.0 Å². The molecule has 2 aliphatic rings. The van der Waals surface area contributed by atoms with Crippen molar-refractivity contribution < 1.29 is 32.1 Å². The zero-order chi connectivity index (χ0) is 18.9. The molecule has 0 unspecified atom stereocenters. The van der Waals surface area contributed by atoms with Gasteiger partial charge in [0.15, 0.2) is 0 Å². The minimum Gasteiger partial charge on any atom is -0.477 e. The first-order chi connectivity index (χ1) is 11.5. The van der Waals surface area contributed by atoms with E-state index in [1.165, 1.54) is 30.4 Å². The summed E-state index contributed by atoms with van der Waals surface area (Å²) in [5.74, 6) is -2.69. The molecule has 2 heterocycles. The SMILES string of the molecule is CC(=O)N/C=C/SC1=C(C(=O)O)N2C(=O)[C@H]([C@H](C)OS(C)(=O)=O)[C@H]2C1. The molecule has 0 aromatic heterocycles. The Morgan fingerprint density at radius 3 is 2.64 bits per heavy atom. The van der Waals surface area contributed by atoms with E-state index < -0.39 is 40.1 Å². The number of carbonyl (C=O) groups is 3. The lowest BCUT2D eigenvalue weighted by atomic mass is 9.83. The molecule has 2 rings (SSSR count). The Hall–Kier alpha value is -1.85. The number of fused-ring (bicyclic) bond motifs is 1. The van der Waals surface area contributed by atoms with Crippen molar-refractivity contribution in [2.24, 2.45) is 5.92 Å². The summed E-state index contributed by atoms with van der Waals surface area (Å²) in [5, 5.41) is 13.3. The van der Waals surface area contributed by atoms with E-state index in [2.05, 4.69) is 5.32 Å². The zero-order valence-corrected chi connectivity index (χ0v) is 15.4. The van der Waals surface area contributed by atoms with Crippen LogP contribution in [0.1, 0.15) is 20.3 Å². The van der Waals surface area contributed by atoms with Crippen LogP contribution in [0.25, 0.3) is 0 Å². The highest BCUT2D eigenvalue weighted by molar-refractivity contribution is 8.05. The third-order valence-electron chi connectivity index (χ3n) is 3.77. The van der Waals surface area contributed by atoms with Crippen molar-refractivity contribution in [3.05, 3.63) is 22.2 Å². The van der Waals surface area contributed by atoms with Gasteiger partial charge in [0, 0.05) is 24.4 Å². The maximum absolute atomic E-state index is 12.3. The Morgan fingerprint density at radius 2 is 2.12 bits per heavy atom. The number of nitrogens with one attached hydrogen (secondary N) is 1. The number of carboxylic acids is 1. The number of rotatable bonds is 7. The van der Waals surface area contributed by atoms with Gasteiger partial charge in [-0.2, -0.15) is 8.42 Å². The molecule has 0 aromatic rings. The number of carbonyl (C=O) groups excluding carboxylic acids is 2. The molecule has 25 heavy (non-hydrogen) atoms. The smallest absolute Gasteiger partial charge is 0.353 e. The number of carboxylic acid groups (broad SMARTS) is 1. The second-order valence-electron chi connectivity index (χ2n) is 5.71. The maximum atomic E-state index is 12.3. The van der Waals surface area contributed by atoms with Gasteiger partial charge in [-0.25, -0.2) is 4.79 Å². The molecular formula is C14H18N2O7S2. The van der Waals surface area contributed by atoms with E-state index in [1.54, 1.807) is 0 Å². The van der Waals surface area contributed by atoms with E-state index in [1.807, 2.05) is 0 Å². The second kappa shape index (κ2) is 7.18.